The molecule has 0 bridgehead atoms. The number of rotatable bonds is 5. The fourth-order valence-corrected chi connectivity index (χ4v) is 4.52. The summed E-state index contributed by atoms with van der Waals surface area (Å²) in [6.45, 7) is 8.70. The minimum Gasteiger partial charge on any atom is -0.444 e. The quantitative estimate of drug-likeness (QED) is 0.629. The van der Waals surface area contributed by atoms with Crippen LogP contribution >= 0.6 is 0 Å². The SMILES string of the molecule is CNC(=O)c1cnc(N2CCN(C(=O)OC(C)(C)C)C[C@H]2C)nc1Nc1ccccc1S(C)(=O)=O. The fraction of sp³-hybridized carbons (Fsp3) is 0.478. The van der Waals surface area contributed by atoms with Crippen LogP contribution in [0.15, 0.2) is 35.4 Å². The summed E-state index contributed by atoms with van der Waals surface area (Å²) in [4.78, 5) is 37.6. The predicted octanol–water partition coefficient (Wildman–Crippen LogP) is 2.43. The predicted molar refractivity (Wildman–Crippen MR) is 133 cm³/mol. The number of benzene rings is 1. The first-order chi connectivity index (χ1) is 16.3. The number of hydrogen-bond acceptors (Lipinski definition) is 9. The third-order valence-corrected chi connectivity index (χ3v) is 6.48. The summed E-state index contributed by atoms with van der Waals surface area (Å²) < 4.78 is 30.0. The van der Waals surface area contributed by atoms with E-state index in [1.807, 2.05) is 32.6 Å². The Morgan fingerprint density at radius 3 is 2.46 bits per heavy atom. The molecule has 190 valence electrons. The van der Waals surface area contributed by atoms with E-state index in [2.05, 4.69) is 20.6 Å². The minimum atomic E-state index is -3.53. The number of sulfone groups is 1. The molecule has 1 aliphatic heterocycles. The highest BCUT2D eigenvalue weighted by Gasteiger charge is 2.31. The molecule has 2 amide bonds. The van der Waals surface area contributed by atoms with Crippen molar-refractivity contribution in [3.8, 4) is 0 Å². The second kappa shape index (κ2) is 10.1. The monoisotopic (exact) mass is 504 g/mol. The molecule has 1 saturated heterocycles. The average molecular weight is 505 g/mol. The number of nitrogens with one attached hydrogen (secondary N) is 2. The molecule has 0 aliphatic carbocycles. The Kier molecular flexibility index (Phi) is 7.53. The first-order valence-electron chi connectivity index (χ1n) is 11.2. The Balaban J connectivity index is 1.90. The lowest BCUT2D eigenvalue weighted by Crippen LogP contribution is -2.55. The zero-order chi connectivity index (χ0) is 26.0. The lowest BCUT2D eigenvalue weighted by Gasteiger charge is -2.40. The Morgan fingerprint density at radius 2 is 1.86 bits per heavy atom. The number of piperazine rings is 1. The van der Waals surface area contributed by atoms with Crippen LogP contribution in [-0.4, -0.2) is 79.9 Å². The number of carbonyl (C=O) groups is 2. The third-order valence-electron chi connectivity index (χ3n) is 5.32. The van der Waals surface area contributed by atoms with E-state index < -0.39 is 21.3 Å². The number of hydrogen-bond donors (Lipinski definition) is 2. The average Bonchev–Trinajstić information content (AvgIpc) is 2.77. The maximum absolute atomic E-state index is 12.5. The van der Waals surface area contributed by atoms with Crippen molar-refractivity contribution < 1.29 is 22.7 Å². The number of amides is 2. The van der Waals surface area contributed by atoms with E-state index in [9.17, 15) is 18.0 Å². The molecule has 35 heavy (non-hydrogen) atoms. The van der Waals surface area contributed by atoms with Gasteiger partial charge in [0, 0.05) is 45.2 Å². The smallest absolute Gasteiger partial charge is 0.410 e. The molecule has 1 atom stereocenters. The van der Waals surface area contributed by atoms with Crippen LogP contribution in [0, 0.1) is 0 Å². The van der Waals surface area contributed by atoms with Crippen LogP contribution in [0.25, 0.3) is 0 Å². The van der Waals surface area contributed by atoms with Crippen molar-refractivity contribution >= 4 is 39.3 Å². The van der Waals surface area contributed by atoms with E-state index in [4.69, 9.17) is 4.74 Å². The van der Waals surface area contributed by atoms with Gasteiger partial charge in [-0.3, -0.25) is 4.79 Å². The number of ether oxygens (including phenoxy) is 1. The summed E-state index contributed by atoms with van der Waals surface area (Å²) in [5.41, 5.74) is -0.119. The molecule has 12 heteroatoms. The van der Waals surface area contributed by atoms with Gasteiger partial charge in [0.2, 0.25) is 5.95 Å². The molecular weight excluding hydrogens is 472 g/mol. The Bertz CT molecular complexity index is 1210. The topological polar surface area (TPSA) is 134 Å². The molecule has 2 heterocycles. The number of para-hydroxylation sites is 1. The summed E-state index contributed by atoms with van der Waals surface area (Å²) in [6.07, 6.45) is 2.14. The van der Waals surface area contributed by atoms with E-state index in [1.165, 1.54) is 19.3 Å². The number of nitrogens with zero attached hydrogens (tertiary/aromatic N) is 4. The van der Waals surface area contributed by atoms with Crippen LogP contribution < -0.4 is 15.5 Å². The largest absolute Gasteiger partial charge is 0.444 e. The molecule has 3 rings (SSSR count). The van der Waals surface area contributed by atoms with Crippen molar-refractivity contribution in [3.63, 3.8) is 0 Å². The van der Waals surface area contributed by atoms with Crippen molar-refractivity contribution in [2.75, 3.05) is 43.2 Å². The van der Waals surface area contributed by atoms with Crippen LogP contribution in [0.1, 0.15) is 38.1 Å². The minimum absolute atomic E-state index is 0.0855. The van der Waals surface area contributed by atoms with Gasteiger partial charge in [0.1, 0.15) is 17.0 Å². The molecule has 1 aliphatic rings. The van der Waals surface area contributed by atoms with E-state index in [0.29, 0.717) is 31.3 Å². The van der Waals surface area contributed by atoms with Crippen molar-refractivity contribution in [2.24, 2.45) is 0 Å². The summed E-state index contributed by atoms with van der Waals surface area (Å²) in [6, 6.07) is 6.28. The highest BCUT2D eigenvalue weighted by molar-refractivity contribution is 7.90. The van der Waals surface area contributed by atoms with Gasteiger partial charge >= 0.3 is 6.09 Å². The third kappa shape index (κ3) is 6.38. The van der Waals surface area contributed by atoms with Gasteiger partial charge in [0.15, 0.2) is 9.84 Å². The highest BCUT2D eigenvalue weighted by Crippen LogP contribution is 2.28. The fourth-order valence-electron chi connectivity index (χ4n) is 3.67. The molecular formula is C23H32N6O5S. The van der Waals surface area contributed by atoms with Crippen LogP contribution in [-0.2, 0) is 14.6 Å². The van der Waals surface area contributed by atoms with Crippen LogP contribution in [0.2, 0.25) is 0 Å². The van der Waals surface area contributed by atoms with Gasteiger partial charge in [-0.1, -0.05) is 12.1 Å². The van der Waals surface area contributed by atoms with E-state index >= 15 is 0 Å². The molecule has 1 aromatic carbocycles. The van der Waals surface area contributed by atoms with E-state index in [-0.39, 0.29) is 28.4 Å². The molecule has 1 fully saturated rings. The molecule has 0 radical (unpaired) electrons. The van der Waals surface area contributed by atoms with Crippen LogP contribution in [0.4, 0.5) is 22.2 Å². The lowest BCUT2D eigenvalue weighted by atomic mass is 10.2. The second-order valence-corrected chi connectivity index (χ2v) is 11.4. The molecule has 0 unspecified atom stereocenters. The normalized spacial score (nSPS) is 16.6. The lowest BCUT2D eigenvalue weighted by molar-refractivity contribution is 0.0218. The van der Waals surface area contributed by atoms with Gasteiger partial charge in [-0.2, -0.15) is 4.98 Å². The van der Waals surface area contributed by atoms with Gasteiger partial charge in [-0.15, -0.1) is 0 Å². The summed E-state index contributed by atoms with van der Waals surface area (Å²) in [7, 11) is -2.04. The summed E-state index contributed by atoms with van der Waals surface area (Å²) in [5.74, 6) is 0.110. The zero-order valence-corrected chi connectivity index (χ0v) is 21.6. The van der Waals surface area contributed by atoms with Gasteiger partial charge in [0.05, 0.1) is 10.6 Å². The van der Waals surface area contributed by atoms with Gasteiger partial charge in [-0.05, 0) is 39.8 Å². The molecule has 2 N–H and O–H groups in total. The van der Waals surface area contributed by atoms with Crippen LogP contribution in [0.3, 0.4) is 0 Å². The standard InChI is InChI=1S/C23H32N6O5S/c1-15-14-28(22(31)34-23(2,3)4)11-12-29(15)21-25-13-16(20(30)24-5)19(27-21)26-17-9-7-8-10-18(17)35(6,32)33/h7-10,13,15H,11-12,14H2,1-6H3,(H,24,30)(H,25,26,27)/t15-/m1/s1. The summed E-state index contributed by atoms with van der Waals surface area (Å²) >= 11 is 0. The zero-order valence-electron chi connectivity index (χ0n) is 20.8. The van der Waals surface area contributed by atoms with Crippen molar-refractivity contribution in [1.29, 1.82) is 0 Å². The first kappa shape index (κ1) is 26.2. The summed E-state index contributed by atoms with van der Waals surface area (Å²) in [5, 5.41) is 5.56. The Labute approximate surface area is 205 Å². The van der Waals surface area contributed by atoms with Gasteiger partial charge < -0.3 is 25.2 Å². The van der Waals surface area contributed by atoms with Gasteiger partial charge in [-0.25, -0.2) is 18.2 Å². The first-order valence-corrected chi connectivity index (χ1v) is 13.1. The number of aromatic nitrogens is 2. The van der Waals surface area contributed by atoms with E-state index in [0.717, 1.165) is 6.26 Å². The number of anilines is 3. The van der Waals surface area contributed by atoms with Crippen molar-refractivity contribution in [2.45, 2.75) is 44.2 Å². The molecule has 2 aromatic rings. The Hall–Kier alpha value is -3.41. The van der Waals surface area contributed by atoms with Crippen LogP contribution in [0.5, 0.6) is 0 Å². The second-order valence-electron chi connectivity index (χ2n) is 9.37. The Morgan fingerprint density at radius 1 is 1.17 bits per heavy atom. The molecule has 0 saturated carbocycles. The van der Waals surface area contributed by atoms with Gasteiger partial charge in [0.25, 0.3) is 5.91 Å². The molecule has 11 nitrogen and oxygen atoms in total. The maximum Gasteiger partial charge on any atom is 0.410 e. The van der Waals surface area contributed by atoms with E-state index in [1.54, 1.807) is 23.1 Å². The number of carbonyl (C=O) groups excluding carboxylic acids is 2. The highest BCUT2D eigenvalue weighted by atomic mass is 32.2. The molecule has 0 spiro atoms. The van der Waals surface area contributed by atoms with Crippen molar-refractivity contribution in [1.82, 2.24) is 20.2 Å². The van der Waals surface area contributed by atoms with Crippen molar-refractivity contribution in [3.05, 3.63) is 36.0 Å². The maximum atomic E-state index is 12.5. The molecule has 1 aromatic heterocycles.